The van der Waals surface area contributed by atoms with E-state index in [1.54, 1.807) is 43.6 Å². The maximum absolute atomic E-state index is 15.1. The zero-order chi connectivity index (χ0) is 22.9. The first-order valence-corrected chi connectivity index (χ1v) is 11.0. The van der Waals surface area contributed by atoms with Crippen molar-refractivity contribution in [2.45, 2.75) is 38.6 Å². The molecule has 5 nitrogen and oxygen atoms in total. The lowest BCUT2D eigenvalue weighted by Gasteiger charge is -2.19. The first-order valence-electron chi connectivity index (χ1n) is 11.0. The fourth-order valence-corrected chi connectivity index (χ4v) is 4.50. The molecule has 0 bridgehead atoms. The summed E-state index contributed by atoms with van der Waals surface area (Å²) in [5.74, 6) is -1.09. The number of nitrogens with one attached hydrogen (secondary N) is 1. The van der Waals surface area contributed by atoms with Gasteiger partial charge in [-0.15, -0.1) is 0 Å². The highest BCUT2D eigenvalue weighted by Crippen LogP contribution is 2.40. The highest BCUT2D eigenvalue weighted by molar-refractivity contribution is 6.02. The zero-order valence-corrected chi connectivity index (χ0v) is 18.1. The largest absolute Gasteiger partial charge is 0.459 e. The van der Waals surface area contributed by atoms with E-state index in [2.05, 4.69) is 14.9 Å². The maximum Gasteiger partial charge on any atom is 0.291 e. The van der Waals surface area contributed by atoms with Crippen molar-refractivity contribution in [3.05, 3.63) is 84.1 Å². The number of halogens is 2. The summed E-state index contributed by atoms with van der Waals surface area (Å²) in [4.78, 5) is 17.1. The Morgan fingerprint density at radius 1 is 1.12 bits per heavy atom. The molecule has 2 aromatic carbocycles. The number of carbonyl (C=O) groups excluding carboxylic acids is 1. The van der Waals surface area contributed by atoms with E-state index in [-0.39, 0.29) is 17.6 Å². The van der Waals surface area contributed by atoms with Crippen LogP contribution in [0.25, 0.3) is 22.5 Å². The average molecular weight is 447 g/mol. The van der Waals surface area contributed by atoms with Crippen molar-refractivity contribution in [3.8, 4) is 22.5 Å². The van der Waals surface area contributed by atoms with Gasteiger partial charge in [-0.2, -0.15) is 0 Å². The van der Waals surface area contributed by atoms with Gasteiger partial charge in [-0.3, -0.25) is 4.79 Å². The van der Waals surface area contributed by atoms with Crippen molar-refractivity contribution in [3.63, 3.8) is 0 Å². The van der Waals surface area contributed by atoms with Crippen LogP contribution in [-0.4, -0.2) is 15.5 Å². The predicted octanol–water partition coefficient (Wildman–Crippen LogP) is 6.76. The van der Waals surface area contributed by atoms with Crippen LogP contribution in [0.5, 0.6) is 0 Å². The molecule has 4 aromatic rings. The van der Waals surface area contributed by atoms with E-state index in [0.29, 0.717) is 22.5 Å². The molecule has 1 amide bonds. The number of rotatable bonds is 5. The number of carbonyl (C=O) groups is 1. The number of benzene rings is 2. The summed E-state index contributed by atoms with van der Waals surface area (Å²) in [6, 6.07) is 12.6. The lowest BCUT2D eigenvalue weighted by atomic mass is 9.98. The molecule has 1 N–H and O–H groups in total. The first-order chi connectivity index (χ1) is 16.0. The summed E-state index contributed by atoms with van der Waals surface area (Å²) in [5.41, 5.74) is 3.56. The lowest BCUT2D eigenvalue weighted by Crippen LogP contribution is -2.12. The number of nitrogens with zero attached hydrogens (tertiary/aromatic N) is 2. The molecule has 0 radical (unpaired) electrons. The van der Waals surface area contributed by atoms with Crippen LogP contribution in [0.3, 0.4) is 0 Å². The van der Waals surface area contributed by atoms with Crippen molar-refractivity contribution in [2.24, 2.45) is 0 Å². The highest BCUT2D eigenvalue weighted by Gasteiger charge is 2.25. The minimum Gasteiger partial charge on any atom is -0.459 e. The Kier molecular flexibility index (Phi) is 5.54. The summed E-state index contributed by atoms with van der Waals surface area (Å²) in [6.45, 7) is 1.71. The molecule has 2 aromatic heterocycles. The molecule has 0 aliphatic heterocycles. The van der Waals surface area contributed by atoms with Crippen LogP contribution in [0.2, 0.25) is 0 Å². The summed E-state index contributed by atoms with van der Waals surface area (Å²) in [6.07, 6.45) is 7.48. The van der Waals surface area contributed by atoms with Crippen molar-refractivity contribution in [1.82, 2.24) is 9.55 Å². The van der Waals surface area contributed by atoms with Gasteiger partial charge in [-0.05, 0) is 73.9 Å². The Bertz CT molecular complexity index is 1290. The topological polar surface area (TPSA) is 60.1 Å². The van der Waals surface area contributed by atoms with Gasteiger partial charge < -0.3 is 14.3 Å². The monoisotopic (exact) mass is 447 g/mol. The highest BCUT2D eigenvalue weighted by atomic mass is 19.1. The van der Waals surface area contributed by atoms with E-state index in [1.165, 1.54) is 24.5 Å². The molecule has 1 aliphatic carbocycles. The third-order valence-electron chi connectivity index (χ3n) is 6.23. The fourth-order valence-electron chi connectivity index (χ4n) is 4.50. The van der Waals surface area contributed by atoms with Crippen LogP contribution in [0.4, 0.5) is 14.5 Å². The Balaban J connectivity index is 1.64. The van der Waals surface area contributed by atoms with E-state index in [1.807, 2.05) is 0 Å². The summed E-state index contributed by atoms with van der Waals surface area (Å²) in [5, 5.41) is 2.72. The molecular formula is C26H23F2N3O2. The molecule has 0 unspecified atom stereocenters. The third kappa shape index (κ3) is 4.06. The molecular weight excluding hydrogens is 424 g/mol. The van der Waals surface area contributed by atoms with Gasteiger partial charge in [0.1, 0.15) is 11.6 Å². The Labute approximate surface area is 190 Å². The Hall–Kier alpha value is -3.74. The molecule has 1 fully saturated rings. The second-order valence-corrected chi connectivity index (χ2v) is 8.36. The number of furan rings is 1. The van der Waals surface area contributed by atoms with Crippen LogP contribution >= 0.6 is 0 Å². The number of hydrogen-bond acceptors (Lipinski definition) is 3. The first kappa shape index (κ1) is 21.1. The quantitative estimate of drug-likeness (QED) is 0.367. The number of hydrogen-bond donors (Lipinski definition) is 1. The van der Waals surface area contributed by atoms with E-state index >= 15 is 4.39 Å². The van der Waals surface area contributed by atoms with Gasteiger partial charge in [0.05, 0.1) is 24.0 Å². The average Bonchev–Trinajstić information content (AvgIpc) is 3.58. The number of amides is 1. The fraction of sp³-hybridized carbons (Fsp3) is 0.231. The maximum atomic E-state index is 15.1. The van der Waals surface area contributed by atoms with Crippen molar-refractivity contribution < 1.29 is 18.0 Å². The molecule has 7 heteroatoms. The zero-order valence-electron chi connectivity index (χ0n) is 18.1. The van der Waals surface area contributed by atoms with E-state index in [0.717, 1.165) is 36.9 Å². The summed E-state index contributed by atoms with van der Waals surface area (Å²) in [7, 11) is 0. The number of imidazole rings is 1. The van der Waals surface area contributed by atoms with Crippen molar-refractivity contribution in [1.29, 1.82) is 0 Å². The third-order valence-corrected chi connectivity index (χ3v) is 6.23. The van der Waals surface area contributed by atoms with Crippen LogP contribution in [0.1, 0.15) is 47.8 Å². The van der Waals surface area contributed by atoms with E-state index in [9.17, 15) is 9.18 Å². The standard InChI is InChI=1S/C26H23F2N3O2/c1-16-21(13-19(14-22(16)28)30-26(32)23-7-4-12-33-23)25-24(17-8-10-18(27)11-9-17)29-15-31(25)20-5-2-3-6-20/h4,7-15,20H,2-3,5-6H2,1H3,(H,30,32). The number of aromatic nitrogens is 2. The molecule has 33 heavy (non-hydrogen) atoms. The molecule has 0 spiro atoms. The van der Waals surface area contributed by atoms with Gasteiger partial charge >= 0.3 is 0 Å². The molecule has 0 atom stereocenters. The second kappa shape index (κ2) is 8.65. The normalized spacial score (nSPS) is 14.0. The van der Waals surface area contributed by atoms with Crippen LogP contribution in [0, 0.1) is 18.6 Å². The summed E-state index contributed by atoms with van der Waals surface area (Å²) < 4.78 is 35.9. The van der Waals surface area contributed by atoms with Gasteiger partial charge in [-0.1, -0.05) is 12.8 Å². The smallest absolute Gasteiger partial charge is 0.291 e. The minimum atomic E-state index is -0.461. The predicted molar refractivity (Wildman–Crippen MR) is 122 cm³/mol. The molecule has 5 rings (SSSR count). The Morgan fingerprint density at radius 2 is 1.88 bits per heavy atom. The van der Waals surface area contributed by atoms with Gasteiger partial charge in [0.15, 0.2) is 5.76 Å². The molecule has 1 aliphatic rings. The van der Waals surface area contributed by atoms with Gasteiger partial charge in [-0.25, -0.2) is 13.8 Å². The Morgan fingerprint density at radius 3 is 2.58 bits per heavy atom. The van der Waals surface area contributed by atoms with E-state index < -0.39 is 11.7 Å². The number of anilines is 1. The molecule has 1 saturated carbocycles. The lowest BCUT2D eigenvalue weighted by molar-refractivity contribution is 0.0996. The molecule has 2 heterocycles. The van der Waals surface area contributed by atoms with Gasteiger partial charge in [0.25, 0.3) is 5.91 Å². The van der Waals surface area contributed by atoms with Gasteiger partial charge in [0.2, 0.25) is 0 Å². The SMILES string of the molecule is Cc1c(F)cc(NC(=O)c2ccco2)cc1-c1c(-c2ccc(F)cc2)ncn1C1CCCC1. The molecule has 0 saturated heterocycles. The van der Waals surface area contributed by atoms with Crippen molar-refractivity contribution >= 4 is 11.6 Å². The van der Waals surface area contributed by atoms with Crippen LogP contribution in [0.15, 0.2) is 65.5 Å². The second-order valence-electron chi connectivity index (χ2n) is 8.36. The minimum absolute atomic E-state index is 0.139. The van der Waals surface area contributed by atoms with E-state index in [4.69, 9.17) is 4.42 Å². The summed E-state index contributed by atoms with van der Waals surface area (Å²) >= 11 is 0. The molecule has 168 valence electrons. The van der Waals surface area contributed by atoms with Crippen molar-refractivity contribution in [2.75, 3.05) is 5.32 Å². The van der Waals surface area contributed by atoms with Crippen LogP contribution < -0.4 is 5.32 Å². The van der Waals surface area contributed by atoms with Gasteiger partial charge in [0, 0.05) is 22.9 Å². The van der Waals surface area contributed by atoms with Crippen LogP contribution in [-0.2, 0) is 0 Å².